The van der Waals surface area contributed by atoms with Crippen LogP contribution in [0, 0.1) is 17.2 Å². The molecule has 154 valence electrons. The van der Waals surface area contributed by atoms with Crippen molar-refractivity contribution in [2.75, 3.05) is 27.3 Å². The predicted octanol–water partition coefficient (Wildman–Crippen LogP) is 3.96. The number of hydrogen-bond acceptors (Lipinski definition) is 3. The number of rotatable bonds is 5. The zero-order valence-corrected chi connectivity index (χ0v) is 19.3. The molecule has 0 bridgehead atoms. The lowest BCUT2D eigenvalue weighted by Crippen LogP contribution is -2.47. The van der Waals surface area contributed by atoms with Gasteiger partial charge < -0.3 is 20.1 Å². The number of halogens is 2. The average Bonchev–Trinajstić information content (AvgIpc) is 2.61. The van der Waals surface area contributed by atoms with Crippen molar-refractivity contribution in [2.24, 2.45) is 16.3 Å². The largest absolute Gasteiger partial charge is 0.494 e. The molecule has 1 aromatic rings. The first kappa shape index (κ1) is 23.9. The number of benzene rings is 1. The van der Waals surface area contributed by atoms with Gasteiger partial charge in [-0.3, -0.25) is 4.99 Å². The van der Waals surface area contributed by atoms with Crippen molar-refractivity contribution >= 4 is 29.9 Å². The van der Waals surface area contributed by atoms with Crippen LogP contribution in [0.3, 0.4) is 0 Å². The Morgan fingerprint density at radius 3 is 2.67 bits per heavy atom. The van der Waals surface area contributed by atoms with Crippen molar-refractivity contribution in [3.63, 3.8) is 0 Å². The molecule has 7 heteroatoms. The fraction of sp³-hybridized carbons (Fsp3) is 0.650. The molecule has 1 aliphatic rings. The summed E-state index contributed by atoms with van der Waals surface area (Å²) in [5.74, 6) is 1.05. The van der Waals surface area contributed by atoms with E-state index >= 15 is 0 Å². The highest BCUT2D eigenvalue weighted by Crippen LogP contribution is 2.33. The van der Waals surface area contributed by atoms with Crippen LogP contribution in [-0.2, 0) is 11.3 Å². The normalized spacial score (nSPS) is 20.6. The van der Waals surface area contributed by atoms with Gasteiger partial charge >= 0.3 is 0 Å². The lowest BCUT2D eigenvalue weighted by Gasteiger charge is -2.40. The fourth-order valence-electron chi connectivity index (χ4n) is 3.46. The highest BCUT2D eigenvalue weighted by atomic mass is 127. The molecule has 1 fully saturated rings. The van der Waals surface area contributed by atoms with Crippen LogP contribution in [0.25, 0.3) is 0 Å². The topological polar surface area (TPSA) is 54.9 Å². The molecule has 2 unspecified atom stereocenters. The second-order valence-electron chi connectivity index (χ2n) is 7.84. The first-order valence-corrected chi connectivity index (χ1v) is 9.23. The molecule has 5 nitrogen and oxygen atoms in total. The molecule has 0 radical (unpaired) electrons. The van der Waals surface area contributed by atoms with Gasteiger partial charge in [0.1, 0.15) is 0 Å². The van der Waals surface area contributed by atoms with Gasteiger partial charge in [-0.05, 0) is 36.0 Å². The van der Waals surface area contributed by atoms with Crippen LogP contribution in [0.4, 0.5) is 4.39 Å². The quantitative estimate of drug-likeness (QED) is 0.371. The summed E-state index contributed by atoms with van der Waals surface area (Å²) in [6.07, 6.45) is 2.48. The second kappa shape index (κ2) is 11.0. The van der Waals surface area contributed by atoms with Gasteiger partial charge in [0.2, 0.25) is 0 Å². The van der Waals surface area contributed by atoms with E-state index < -0.39 is 0 Å². The van der Waals surface area contributed by atoms with Crippen LogP contribution in [0.5, 0.6) is 5.75 Å². The SMILES string of the molecule is CN=C(NCc1ccc(OC)c(F)c1)NCC1CCCOC1C(C)(C)C.I. The van der Waals surface area contributed by atoms with Crippen molar-refractivity contribution in [1.29, 1.82) is 0 Å². The van der Waals surface area contributed by atoms with Crippen molar-refractivity contribution in [2.45, 2.75) is 46.3 Å². The molecule has 1 aromatic carbocycles. The van der Waals surface area contributed by atoms with Gasteiger partial charge in [-0.15, -0.1) is 24.0 Å². The minimum absolute atomic E-state index is 0. The maximum atomic E-state index is 13.8. The van der Waals surface area contributed by atoms with E-state index in [0.717, 1.165) is 31.6 Å². The van der Waals surface area contributed by atoms with E-state index in [1.54, 1.807) is 13.1 Å². The first-order valence-electron chi connectivity index (χ1n) is 9.23. The number of ether oxygens (including phenoxy) is 2. The van der Waals surface area contributed by atoms with Crippen LogP contribution in [0.2, 0.25) is 0 Å². The van der Waals surface area contributed by atoms with Gasteiger partial charge in [-0.1, -0.05) is 26.8 Å². The zero-order chi connectivity index (χ0) is 19.2. The van der Waals surface area contributed by atoms with Crippen LogP contribution >= 0.6 is 24.0 Å². The summed E-state index contributed by atoms with van der Waals surface area (Å²) in [5.41, 5.74) is 0.949. The van der Waals surface area contributed by atoms with Crippen molar-refractivity contribution in [1.82, 2.24) is 10.6 Å². The summed E-state index contributed by atoms with van der Waals surface area (Å²) in [6.45, 7) is 8.81. The Balaban J connectivity index is 0.00000364. The van der Waals surface area contributed by atoms with E-state index in [1.807, 2.05) is 6.07 Å². The summed E-state index contributed by atoms with van der Waals surface area (Å²) >= 11 is 0. The van der Waals surface area contributed by atoms with Crippen LogP contribution in [-0.4, -0.2) is 39.4 Å². The van der Waals surface area contributed by atoms with Crippen molar-refractivity contribution in [3.05, 3.63) is 29.6 Å². The number of methoxy groups -OCH3 is 1. The molecule has 0 amide bonds. The van der Waals surface area contributed by atoms with E-state index in [-0.39, 0.29) is 47.1 Å². The molecule has 0 saturated carbocycles. The molecule has 0 spiro atoms. The van der Waals surface area contributed by atoms with Gasteiger partial charge in [0.25, 0.3) is 0 Å². The molecule has 2 rings (SSSR count). The Kier molecular flexibility index (Phi) is 9.80. The highest BCUT2D eigenvalue weighted by molar-refractivity contribution is 14.0. The van der Waals surface area contributed by atoms with E-state index in [4.69, 9.17) is 9.47 Å². The first-order chi connectivity index (χ1) is 12.3. The van der Waals surface area contributed by atoms with Crippen LogP contribution in [0.1, 0.15) is 39.2 Å². The Bertz CT molecular complexity index is 620. The van der Waals surface area contributed by atoms with Crippen molar-refractivity contribution in [3.8, 4) is 5.75 Å². The number of guanidine groups is 1. The Morgan fingerprint density at radius 1 is 1.33 bits per heavy atom. The summed E-state index contributed by atoms with van der Waals surface area (Å²) in [4.78, 5) is 4.27. The maximum absolute atomic E-state index is 13.8. The lowest BCUT2D eigenvalue weighted by atomic mass is 9.78. The Morgan fingerprint density at radius 2 is 2.07 bits per heavy atom. The number of hydrogen-bond donors (Lipinski definition) is 2. The molecular formula is C20H33FIN3O2. The standard InChI is InChI=1S/C20H32FN3O2.HI/c1-20(2,3)18-15(7-6-10-26-18)13-24-19(22-4)23-12-14-8-9-17(25-5)16(21)11-14;/h8-9,11,15,18H,6-7,10,12-13H2,1-5H3,(H2,22,23,24);1H. The number of nitrogens with one attached hydrogen (secondary N) is 2. The molecule has 0 aromatic heterocycles. The van der Waals surface area contributed by atoms with Gasteiger partial charge in [0, 0.05) is 32.7 Å². The van der Waals surface area contributed by atoms with Crippen molar-refractivity contribution < 1.29 is 13.9 Å². The van der Waals surface area contributed by atoms with Crippen LogP contribution in [0.15, 0.2) is 23.2 Å². The van der Waals surface area contributed by atoms with E-state index in [9.17, 15) is 4.39 Å². The third-order valence-corrected chi connectivity index (χ3v) is 4.73. The molecule has 2 N–H and O–H groups in total. The Labute approximate surface area is 179 Å². The minimum Gasteiger partial charge on any atom is -0.494 e. The molecule has 1 aliphatic heterocycles. The van der Waals surface area contributed by atoms with E-state index in [0.29, 0.717) is 18.4 Å². The predicted molar refractivity (Wildman–Crippen MR) is 118 cm³/mol. The molecule has 27 heavy (non-hydrogen) atoms. The third-order valence-electron chi connectivity index (χ3n) is 4.73. The lowest BCUT2D eigenvalue weighted by molar-refractivity contribution is -0.0835. The number of aliphatic imine (C=N–C) groups is 1. The van der Waals surface area contributed by atoms with Gasteiger partial charge in [0.15, 0.2) is 17.5 Å². The molecule has 1 saturated heterocycles. The zero-order valence-electron chi connectivity index (χ0n) is 17.0. The molecular weight excluding hydrogens is 460 g/mol. The highest BCUT2D eigenvalue weighted by Gasteiger charge is 2.35. The minimum atomic E-state index is -0.359. The summed E-state index contributed by atoms with van der Waals surface area (Å²) < 4.78 is 24.8. The van der Waals surface area contributed by atoms with E-state index in [1.165, 1.54) is 13.2 Å². The molecule has 0 aliphatic carbocycles. The fourth-order valence-corrected chi connectivity index (χ4v) is 3.46. The molecule has 1 heterocycles. The summed E-state index contributed by atoms with van der Waals surface area (Å²) in [5, 5.41) is 6.62. The number of nitrogens with zero attached hydrogens (tertiary/aromatic N) is 1. The summed E-state index contributed by atoms with van der Waals surface area (Å²) in [6, 6.07) is 4.95. The smallest absolute Gasteiger partial charge is 0.191 e. The monoisotopic (exact) mass is 493 g/mol. The Hall–Kier alpha value is -1.09. The van der Waals surface area contributed by atoms with Crippen LogP contribution < -0.4 is 15.4 Å². The maximum Gasteiger partial charge on any atom is 0.191 e. The van der Waals surface area contributed by atoms with Gasteiger partial charge in [-0.2, -0.15) is 0 Å². The second-order valence-corrected chi connectivity index (χ2v) is 7.84. The molecule has 2 atom stereocenters. The summed E-state index contributed by atoms with van der Waals surface area (Å²) in [7, 11) is 3.20. The van der Waals surface area contributed by atoms with Gasteiger partial charge in [-0.25, -0.2) is 4.39 Å². The third kappa shape index (κ3) is 7.10. The average molecular weight is 493 g/mol. The van der Waals surface area contributed by atoms with Gasteiger partial charge in [0.05, 0.1) is 13.2 Å². The van der Waals surface area contributed by atoms with E-state index in [2.05, 4.69) is 36.4 Å².